The summed E-state index contributed by atoms with van der Waals surface area (Å²) in [5, 5.41) is 2.46. The van der Waals surface area contributed by atoms with Crippen LogP contribution in [0.2, 0.25) is 0 Å². The lowest BCUT2D eigenvalue weighted by Gasteiger charge is -2.15. The fraction of sp³-hybridized carbons (Fsp3) is 0.111. The van der Waals surface area contributed by atoms with Gasteiger partial charge in [0.05, 0.1) is 14.2 Å². The van der Waals surface area contributed by atoms with Crippen molar-refractivity contribution in [2.45, 2.75) is 13.8 Å². The smallest absolute Gasteiger partial charge is 0.126 e. The van der Waals surface area contributed by atoms with E-state index in [0.29, 0.717) is 0 Å². The number of aryl methyl sites for hydroxylation is 1. The van der Waals surface area contributed by atoms with Gasteiger partial charge in [0.15, 0.2) is 0 Å². The normalized spacial score (nSPS) is 12.0. The molecule has 0 saturated carbocycles. The van der Waals surface area contributed by atoms with Crippen LogP contribution in [0.25, 0.3) is 34.1 Å². The molecule has 0 N–H and O–H groups in total. The largest absolute Gasteiger partial charge is 0.496 e. The first-order chi connectivity index (χ1) is 18.6. The summed E-state index contributed by atoms with van der Waals surface area (Å²) in [6, 6.07) is 38.2. The average molecular weight is 497 g/mol. The molecule has 5 aromatic carbocycles. The Labute approximate surface area is 225 Å². The van der Waals surface area contributed by atoms with Crippen molar-refractivity contribution in [2.24, 2.45) is 0 Å². The second-order valence-electron chi connectivity index (χ2n) is 9.52. The molecule has 5 aromatic rings. The van der Waals surface area contributed by atoms with Crippen molar-refractivity contribution in [3.8, 4) is 11.5 Å². The highest BCUT2D eigenvalue weighted by molar-refractivity contribution is 5.96. The molecule has 0 amide bonds. The monoisotopic (exact) mass is 496 g/mol. The molecule has 2 heteroatoms. The van der Waals surface area contributed by atoms with E-state index in [1.807, 2.05) is 12.1 Å². The SMILES string of the molecule is COc1cc(C=C(c2ccccc2)c2ccc3cc(C)ccc3c2)c(OC)cc1C=C(C)c1ccccc1. The van der Waals surface area contributed by atoms with Crippen LogP contribution >= 0.6 is 0 Å². The number of ether oxygens (including phenoxy) is 2. The number of allylic oxidation sites excluding steroid dienone is 1. The predicted octanol–water partition coefficient (Wildman–Crippen LogP) is 9.31. The van der Waals surface area contributed by atoms with E-state index in [9.17, 15) is 0 Å². The van der Waals surface area contributed by atoms with Crippen LogP contribution in [0.5, 0.6) is 11.5 Å². The van der Waals surface area contributed by atoms with Crippen LogP contribution in [-0.4, -0.2) is 14.2 Å². The van der Waals surface area contributed by atoms with Gasteiger partial charge in [-0.05, 0) is 82.8 Å². The zero-order valence-corrected chi connectivity index (χ0v) is 22.4. The van der Waals surface area contributed by atoms with Gasteiger partial charge < -0.3 is 9.47 Å². The van der Waals surface area contributed by atoms with Crippen molar-refractivity contribution < 1.29 is 9.47 Å². The molecule has 0 aliphatic heterocycles. The standard InChI is InChI=1S/C36H32O2/c1-25-15-16-30-21-31(18-17-29(30)19-25)34(28-13-9-6-10-14-28)22-33-24-35(37-3)32(23-36(33)38-4)20-26(2)27-11-7-5-8-12-27/h5-24H,1-4H3. The first-order valence-electron chi connectivity index (χ1n) is 12.8. The Bertz CT molecular complexity index is 1630. The summed E-state index contributed by atoms with van der Waals surface area (Å²) in [7, 11) is 3.44. The quantitative estimate of drug-likeness (QED) is 0.209. The Morgan fingerprint density at radius 3 is 1.74 bits per heavy atom. The molecular formula is C36H32O2. The summed E-state index contributed by atoms with van der Waals surface area (Å²) in [6.45, 7) is 4.24. The Kier molecular flexibility index (Phi) is 7.42. The summed E-state index contributed by atoms with van der Waals surface area (Å²) in [6.07, 6.45) is 4.34. The van der Waals surface area contributed by atoms with Crippen LogP contribution < -0.4 is 9.47 Å². The molecular weight excluding hydrogens is 464 g/mol. The molecule has 5 rings (SSSR count). The van der Waals surface area contributed by atoms with E-state index >= 15 is 0 Å². The molecule has 0 aromatic heterocycles. The maximum atomic E-state index is 5.90. The molecule has 0 aliphatic rings. The van der Waals surface area contributed by atoms with Crippen LogP contribution in [0.1, 0.15) is 40.3 Å². The first kappa shape index (κ1) is 25.1. The van der Waals surface area contributed by atoms with Gasteiger partial charge in [0.25, 0.3) is 0 Å². The predicted molar refractivity (Wildman–Crippen MR) is 162 cm³/mol. The van der Waals surface area contributed by atoms with Crippen molar-refractivity contribution in [3.05, 3.63) is 143 Å². The number of fused-ring (bicyclic) bond motifs is 1. The Morgan fingerprint density at radius 2 is 1.11 bits per heavy atom. The van der Waals surface area contributed by atoms with E-state index in [-0.39, 0.29) is 0 Å². The second kappa shape index (κ2) is 11.2. The molecule has 0 heterocycles. The van der Waals surface area contributed by atoms with Gasteiger partial charge in [0.2, 0.25) is 0 Å². The minimum Gasteiger partial charge on any atom is -0.496 e. The third-order valence-electron chi connectivity index (χ3n) is 6.87. The number of hydrogen-bond acceptors (Lipinski definition) is 2. The van der Waals surface area contributed by atoms with E-state index in [1.54, 1.807) is 14.2 Å². The van der Waals surface area contributed by atoms with Crippen LogP contribution in [0, 0.1) is 6.92 Å². The van der Waals surface area contributed by atoms with E-state index in [2.05, 4.69) is 123 Å². The highest BCUT2D eigenvalue weighted by Gasteiger charge is 2.13. The zero-order chi connectivity index (χ0) is 26.5. The lowest BCUT2D eigenvalue weighted by Crippen LogP contribution is -1.95. The van der Waals surface area contributed by atoms with Crippen LogP contribution in [-0.2, 0) is 0 Å². The number of methoxy groups -OCH3 is 2. The molecule has 38 heavy (non-hydrogen) atoms. The highest BCUT2D eigenvalue weighted by atomic mass is 16.5. The third kappa shape index (κ3) is 5.40. The van der Waals surface area contributed by atoms with Crippen molar-refractivity contribution in [1.29, 1.82) is 0 Å². The maximum absolute atomic E-state index is 5.90. The molecule has 0 radical (unpaired) electrons. The molecule has 188 valence electrons. The Balaban J connectivity index is 1.65. The fourth-order valence-electron chi connectivity index (χ4n) is 4.83. The van der Waals surface area contributed by atoms with Crippen molar-refractivity contribution in [2.75, 3.05) is 14.2 Å². The molecule has 2 nitrogen and oxygen atoms in total. The third-order valence-corrected chi connectivity index (χ3v) is 6.87. The first-order valence-corrected chi connectivity index (χ1v) is 12.8. The molecule has 0 bridgehead atoms. The van der Waals surface area contributed by atoms with E-state index in [4.69, 9.17) is 9.47 Å². The van der Waals surface area contributed by atoms with E-state index in [1.165, 1.54) is 21.9 Å². The fourth-order valence-corrected chi connectivity index (χ4v) is 4.83. The van der Waals surface area contributed by atoms with Crippen molar-refractivity contribution >= 4 is 34.1 Å². The molecule has 0 aliphatic carbocycles. The van der Waals surface area contributed by atoms with Gasteiger partial charge in [-0.15, -0.1) is 0 Å². The highest BCUT2D eigenvalue weighted by Crippen LogP contribution is 2.36. The van der Waals surface area contributed by atoms with Gasteiger partial charge >= 0.3 is 0 Å². The van der Waals surface area contributed by atoms with Crippen molar-refractivity contribution in [3.63, 3.8) is 0 Å². The van der Waals surface area contributed by atoms with Crippen LogP contribution in [0.15, 0.2) is 109 Å². The van der Waals surface area contributed by atoms with Gasteiger partial charge in [-0.1, -0.05) is 96.6 Å². The topological polar surface area (TPSA) is 18.5 Å². The summed E-state index contributed by atoms with van der Waals surface area (Å²) < 4.78 is 11.8. The lowest BCUT2D eigenvalue weighted by atomic mass is 9.93. The van der Waals surface area contributed by atoms with Gasteiger partial charge in [-0.2, -0.15) is 0 Å². The summed E-state index contributed by atoms with van der Waals surface area (Å²) in [5.41, 5.74) is 8.95. The summed E-state index contributed by atoms with van der Waals surface area (Å²) >= 11 is 0. The maximum Gasteiger partial charge on any atom is 0.126 e. The Hall–Kier alpha value is -4.56. The zero-order valence-electron chi connectivity index (χ0n) is 22.4. The van der Waals surface area contributed by atoms with Crippen molar-refractivity contribution in [1.82, 2.24) is 0 Å². The second-order valence-corrected chi connectivity index (χ2v) is 9.52. The minimum atomic E-state index is 0.794. The summed E-state index contributed by atoms with van der Waals surface area (Å²) in [4.78, 5) is 0. The van der Waals surface area contributed by atoms with Gasteiger partial charge in [-0.25, -0.2) is 0 Å². The number of rotatable bonds is 7. The molecule has 0 spiro atoms. The van der Waals surface area contributed by atoms with Gasteiger partial charge in [0, 0.05) is 11.1 Å². The molecule has 0 atom stereocenters. The minimum absolute atomic E-state index is 0.794. The number of hydrogen-bond donors (Lipinski definition) is 0. The Morgan fingerprint density at radius 1 is 0.553 bits per heavy atom. The van der Waals surface area contributed by atoms with Gasteiger partial charge in [-0.3, -0.25) is 0 Å². The molecule has 0 unspecified atom stereocenters. The van der Waals surface area contributed by atoms with Gasteiger partial charge in [0.1, 0.15) is 11.5 Å². The average Bonchev–Trinajstić information content (AvgIpc) is 2.96. The lowest BCUT2D eigenvalue weighted by molar-refractivity contribution is 0.401. The molecule has 0 saturated heterocycles. The van der Waals surface area contributed by atoms with E-state index < -0.39 is 0 Å². The van der Waals surface area contributed by atoms with E-state index in [0.717, 1.165) is 44.9 Å². The summed E-state index contributed by atoms with van der Waals surface area (Å²) in [5.74, 6) is 1.59. The number of benzene rings is 5. The molecule has 0 fully saturated rings. The van der Waals surface area contributed by atoms with Crippen LogP contribution in [0.4, 0.5) is 0 Å². The van der Waals surface area contributed by atoms with Crippen LogP contribution in [0.3, 0.4) is 0 Å².